The summed E-state index contributed by atoms with van der Waals surface area (Å²) >= 11 is 0. The lowest BCUT2D eigenvalue weighted by atomic mass is 10.2. The molecule has 2 heterocycles. The zero-order chi connectivity index (χ0) is 22.2. The molecule has 32 heavy (non-hydrogen) atoms. The summed E-state index contributed by atoms with van der Waals surface area (Å²) in [6, 6.07) is 16.5. The summed E-state index contributed by atoms with van der Waals surface area (Å²) in [5.74, 6) is 0.306. The molecule has 0 saturated heterocycles. The van der Waals surface area contributed by atoms with Crippen molar-refractivity contribution >= 4 is 22.6 Å². The number of rotatable bonds is 5. The Hall–Kier alpha value is -3.94. The molecule has 0 fully saturated rings. The normalized spacial score (nSPS) is 12.8. The summed E-state index contributed by atoms with van der Waals surface area (Å²) < 4.78 is 4.27. The van der Waals surface area contributed by atoms with Crippen LogP contribution in [0.25, 0.3) is 16.6 Å². The summed E-state index contributed by atoms with van der Waals surface area (Å²) in [5, 5.41) is 8.13. The number of carbonyl (C=O) groups excluding carboxylic acids is 1. The molecule has 0 atom stereocenters. The highest BCUT2D eigenvalue weighted by atomic mass is 16.2. The third-order valence-electron chi connectivity index (χ3n) is 5.92. The molecule has 1 N–H and O–H groups in total. The molecule has 1 amide bonds. The molecule has 5 rings (SSSR count). The third-order valence-corrected chi connectivity index (χ3v) is 5.92. The molecule has 0 saturated carbocycles. The van der Waals surface area contributed by atoms with Crippen LogP contribution in [0.1, 0.15) is 24.6 Å². The van der Waals surface area contributed by atoms with Gasteiger partial charge in [-0.05, 0) is 50.5 Å². The Morgan fingerprint density at radius 1 is 1.00 bits per heavy atom. The SMILES string of the molecule is CCn1c(=O)c2ccccc2n(CC(=O)Nc2c3c(nn2-c2ccccc2)CCC3)c1=O. The number of nitrogens with zero attached hydrogens (tertiary/aromatic N) is 4. The Balaban J connectivity index is 1.54. The van der Waals surface area contributed by atoms with E-state index in [1.807, 2.05) is 30.3 Å². The lowest BCUT2D eigenvalue weighted by Crippen LogP contribution is -2.41. The fourth-order valence-electron chi connectivity index (χ4n) is 4.39. The number of hydrogen-bond donors (Lipinski definition) is 1. The van der Waals surface area contributed by atoms with E-state index in [1.165, 1.54) is 4.57 Å². The van der Waals surface area contributed by atoms with Crippen molar-refractivity contribution in [1.82, 2.24) is 18.9 Å². The molecule has 0 spiro atoms. The number of amides is 1. The van der Waals surface area contributed by atoms with Gasteiger partial charge in [0, 0.05) is 12.1 Å². The van der Waals surface area contributed by atoms with Gasteiger partial charge in [0.25, 0.3) is 5.56 Å². The average molecular weight is 429 g/mol. The minimum Gasteiger partial charge on any atom is -0.309 e. The van der Waals surface area contributed by atoms with Crippen LogP contribution in [0.4, 0.5) is 5.82 Å². The van der Waals surface area contributed by atoms with Crippen LogP contribution < -0.4 is 16.6 Å². The van der Waals surface area contributed by atoms with Crippen molar-refractivity contribution in [2.24, 2.45) is 0 Å². The highest BCUT2D eigenvalue weighted by molar-refractivity contribution is 5.92. The predicted octanol–water partition coefficient (Wildman–Crippen LogP) is 2.50. The van der Waals surface area contributed by atoms with Crippen LogP contribution >= 0.6 is 0 Å². The second kappa shape index (κ2) is 7.96. The first-order valence-electron chi connectivity index (χ1n) is 10.8. The average Bonchev–Trinajstić information content (AvgIpc) is 3.40. The number of aromatic nitrogens is 4. The third kappa shape index (κ3) is 3.24. The molecule has 4 aromatic rings. The van der Waals surface area contributed by atoms with E-state index in [0.29, 0.717) is 16.7 Å². The van der Waals surface area contributed by atoms with Gasteiger partial charge in [-0.2, -0.15) is 5.10 Å². The molecule has 8 heteroatoms. The number of benzene rings is 2. The maximum absolute atomic E-state index is 13.1. The van der Waals surface area contributed by atoms with Crippen LogP contribution in [0.15, 0.2) is 64.2 Å². The van der Waals surface area contributed by atoms with E-state index in [9.17, 15) is 14.4 Å². The molecular weight excluding hydrogens is 406 g/mol. The van der Waals surface area contributed by atoms with E-state index in [1.54, 1.807) is 35.9 Å². The summed E-state index contributed by atoms with van der Waals surface area (Å²) in [7, 11) is 0. The number of aryl methyl sites for hydroxylation is 1. The zero-order valence-corrected chi connectivity index (χ0v) is 17.7. The van der Waals surface area contributed by atoms with Gasteiger partial charge in [0.2, 0.25) is 5.91 Å². The zero-order valence-electron chi connectivity index (χ0n) is 17.7. The monoisotopic (exact) mass is 429 g/mol. The van der Waals surface area contributed by atoms with Crippen molar-refractivity contribution in [3.05, 3.63) is 86.7 Å². The number of anilines is 1. The Morgan fingerprint density at radius 2 is 1.75 bits per heavy atom. The molecule has 8 nitrogen and oxygen atoms in total. The van der Waals surface area contributed by atoms with Gasteiger partial charge in [-0.3, -0.25) is 18.7 Å². The van der Waals surface area contributed by atoms with Crippen molar-refractivity contribution in [3.63, 3.8) is 0 Å². The molecule has 1 aliphatic rings. The number of para-hydroxylation sites is 2. The first kappa shape index (κ1) is 20.0. The van der Waals surface area contributed by atoms with E-state index in [-0.39, 0.29) is 24.6 Å². The van der Waals surface area contributed by atoms with Gasteiger partial charge in [0.05, 0.1) is 22.3 Å². The molecule has 0 radical (unpaired) electrons. The topological polar surface area (TPSA) is 90.9 Å². The Morgan fingerprint density at radius 3 is 2.53 bits per heavy atom. The minimum atomic E-state index is -0.492. The first-order valence-corrected chi connectivity index (χ1v) is 10.8. The number of carbonyl (C=O) groups is 1. The molecule has 0 bridgehead atoms. The second-order valence-electron chi connectivity index (χ2n) is 7.86. The Labute approximate surface area is 183 Å². The lowest BCUT2D eigenvalue weighted by molar-refractivity contribution is -0.116. The summed E-state index contributed by atoms with van der Waals surface area (Å²) in [6.45, 7) is 1.77. The van der Waals surface area contributed by atoms with Crippen LogP contribution in [0.3, 0.4) is 0 Å². The van der Waals surface area contributed by atoms with Crippen molar-refractivity contribution in [2.45, 2.75) is 39.3 Å². The maximum Gasteiger partial charge on any atom is 0.331 e. The summed E-state index contributed by atoms with van der Waals surface area (Å²) in [5.41, 5.74) is 2.51. The maximum atomic E-state index is 13.1. The minimum absolute atomic E-state index is 0.200. The van der Waals surface area contributed by atoms with Gasteiger partial charge < -0.3 is 5.32 Å². The fourth-order valence-corrected chi connectivity index (χ4v) is 4.39. The van der Waals surface area contributed by atoms with E-state index >= 15 is 0 Å². The molecule has 0 unspecified atom stereocenters. The van der Waals surface area contributed by atoms with Crippen LogP contribution in [0.2, 0.25) is 0 Å². The number of hydrogen-bond acceptors (Lipinski definition) is 4. The fraction of sp³-hybridized carbons (Fsp3) is 0.250. The van der Waals surface area contributed by atoms with E-state index in [4.69, 9.17) is 5.10 Å². The molecule has 1 aliphatic carbocycles. The number of nitrogens with one attached hydrogen (secondary N) is 1. The first-order chi connectivity index (χ1) is 15.6. The smallest absolute Gasteiger partial charge is 0.309 e. The van der Waals surface area contributed by atoms with Crippen LogP contribution in [-0.2, 0) is 30.7 Å². The van der Waals surface area contributed by atoms with Gasteiger partial charge in [-0.15, -0.1) is 0 Å². The van der Waals surface area contributed by atoms with Crippen LogP contribution in [0.5, 0.6) is 0 Å². The van der Waals surface area contributed by atoms with E-state index < -0.39 is 5.69 Å². The quantitative estimate of drug-likeness (QED) is 0.528. The van der Waals surface area contributed by atoms with Gasteiger partial charge in [0.15, 0.2) is 0 Å². The molecule has 0 aliphatic heterocycles. The van der Waals surface area contributed by atoms with Crippen molar-refractivity contribution in [1.29, 1.82) is 0 Å². The number of fused-ring (bicyclic) bond motifs is 2. The molecule has 2 aromatic carbocycles. The summed E-state index contributed by atoms with van der Waals surface area (Å²) in [4.78, 5) is 38.8. The van der Waals surface area contributed by atoms with E-state index in [2.05, 4.69) is 5.32 Å². The van der Waals surface area contributed by atoms with Crippen LogP contribution in [0, 0.1) is 0 Å². The lowest BCUT2D eigenvalue weighted by Gasteiger charge is -2.14. The highest BCUT2D eigenvalue weighted by Crippen LogP contribution is 2.31. The van der Waals surface area contributed by atoms with Crippen LogP contribution in [-0.4, -0.2) is 24.8 Å². The van der Waals surface area contributed by atoms with Gasteiger partial charge in [-0.1, -0.05) is 30.3 Å². The van der Waals surface area contributed by atoms with Gasteiger partial charge in [0.1, 0.15) is 12.4 Å². The van der Waals surface area contributed by atoms with Gasteiger partial charge in [-0.25, -0.2) is 9.48 Å². The molecule has 162 valence electrons. The largest absolute Gasteiger partial charge is 0.331 e. The standard InChI is InChI=1S/C24H23N5O3/c1-2-27-23(31)18-11-6-7-14-20(18)28(24(27)32)15-21(30)25-22-17-12-8-13-19(17)26-29(22)16-9-4-3-5-10-16/h3-7,9-11,14H,2,8,12-13,15H2,1H3,(H,25,30). The Kier molecular flexibility index (Phi) is 4.97. The second-order valence-corrected chi connectivity index (χ2v) is 7.86. The van der Waals surface area contributed by atoms with Crippen molar-refractivity contribution in [3.8, 4) is 5.69 Å². The van der Waals surface area contributed by atoms with Crippen molar-refractivity contribution in [2.75, 3.05) is 5.32 Å². The van der Waals surface area contributed by atoms with E-state index in [0.717, 1.165) is 40.8 Å². The predicted molar refractivity (Wildman–Crippen MR) is 122 cm³/mol. The molecular formula is C24H23N5O3. The van der Waals surface area contributed by atoms with Crippen molar-refractivity contribution < 1.29 is 4.79 Å². The molecule has 2 aromatic heterocycles. The highest BCUT2D eigenvalue weighted by Gasteiger charge is 2.24. The Bertz CT molecular complexity index is 1450. The van der Waals surface area contributed by atoms with Gasteiger partial charge >= 0.3 is 5.69 Å². The summed E-state index contributed by atoms with van der Waals surface area (Å²) in [6.07, 6.45) is 2.73.